The molecule has 0 spiro atoms. The van der Waals surface area contributed by atoms with Crippen LogP contribution in [0.25, 0.3) is 5.65 Å². The highest BCUT2D eigenvalue weighted by molar-refractivity contribution is 5.97. The van der Waals surface area contributed by atoms with Gasteiger partial charge in [-0.05, 0) is 31.4 Å². The molecule has 2 atom stereocenters. The van der Waals surface area contributed by atoms with Crippen LogP contribution < -0.4 is 5.32 Å². The van der Waals surface area contributed by atoms with Gasteiger partial charge in [-0.1, -0.05) is 26.3 Å². The maximum Gasteiger partial charge on any atom is 0.326 e. The fraction of sp³-hybridized carbons (Fsp3) is 0.438. The van der Waals surface area contributed by atoms with Gasteiger partial charge in [0.2, 0.25) is 0 Å². The van der Waals surface area contributed by atoms with E-state index < -0.39 is 17.9 Å². The zero-order valence-corrected chi connectivity index (χ0v) is 13.3. The molecule has 6 heteroatoms. The molecule has 2 unspecified atom stereocenters. The molecule has 6 nitrogen and oxygen atoms in total. The van der Waals surface area contributed by atoms with E-state index in [4.69, 9.17) is 0 Å². The Bertz CT molecular complexity index is 721. The summed E-state index contributed by atoms with van der Waals surface area (Å²) in [5.74, 6) is -1.59. The summed E-state index contributed by atoms with van der Waals surface area (Å²) in [6.45, 7) is 7.38. The molecule has 0 aliphatic carbocycles. The molecule has 1 amide bonds. The molecule has 2 aromatic rings. The minimum absolute atomic E-state index is 0.150. The Kier molecular flexibility index (Phi) is 4.49. The Labute approximate surface area is 129 Å². The standard InChI is InChI=1S/C16H21N3O3/c1-5-10(3)13(16(21)22)18-15(20)14-11(4)17-12-7-6-9(2)8-19(12)14/h6-8,10,13H,5H2,1-4H3,(H,18,20)(H,21,22). The number of hydrogen-bond acceptors (Lipinski definition) is 3. The predicted octanol–water partition coefficient (Wildman–Crippen LogP) is 2.18. The van der Waals surface area contributed by atoms with E-state index in [9.17, 15) is 14.7 Å². The van der Waals surface area contributed by atoms with Gasteiger partial charge in [-0.25, -0.2) is 9.78 Å². The Morgan fingerprint density at radius 1 is 1.36 bits per heavy atom. The average Bonchev–Trinajstić information content (AvgIpc) is 2.78. The molecule has 118 valence electrons. The van der Waals surface area contributed by atoms with Gasteiger partial charge in [0.05, 0.1) is 5.69 Å². The summed E-state index contributed by atoms with van der Waals surface area (Å²) in [7, 11) is 0. The van der Waals surface area contributed by atoms with Crippen molar-refractivity contribution < 1.29 is 14.7 Å². The lowest BCUT2D eigenvalue weighted by molar-refractivity contribution is -0.140. The summed E-state index contributed by atoms with van der Waals surface area (Å²) in [6, 6.07) is 2.85. The maximum atomic E-state index is 12.6. The zero-order chi connectivity index (χ0) is 16.4. The first kappa shape index (κ1) is 16.0. The van der Waals surface area contributed by atoms with E-state index in [1.165, 1.54) is 0 Å². The highest BCUT2D eigenvalue weighted by atomic mass is 16.4. The van der Waals surface area contributed by atoms with E-state index in [0.29, 0.717) is 23.5 Å². The molecule has 22 heavy (non-hydrogen) atoms. The van der Waals surface area contributed by atoms with E-state index in [0.717, 1.165) is 5.56 Å². The van der Waals surface area contributed by atoms with Gasteiger partial charge in [-0.15, -0.1) is 0 Å². The van der Waals surface area contributed by atoms with Crippen molar-refractivity contribution in [2.75, 3.05) is 0 Å². The van der Waals surface area contributed by atoms with Crippen molar-refractivity contribution in [3.63, 3.8) is 0 Å². The molecular formula is C16H21N3O3. The molecule has 2 rings (SSSR count). The summed E-state index contributed by atoms with van der Waals surface area (Å²) < 4.78 is 1.70. The molecule has 2 aromatic heterocycles. The number of nitrogens with zero attached hydrogens (tertiary/aromatic N) is 2. The highest BCUT2D eigenvalue weighted by Crippen LogP contribution is 2.15. The quantitative estimate of drug-likeness (QED) is 0.886. The molecule has 0 aliphatic heterocycles. The third-order valence-electron chi connectivity index (χ3n) is 3.92. The summed E-state index contributed by atoms with van der Waals surface area (Å²) in [6.07, 6.45) is 2.49. The van der Waals surface area contributed by atoms with Crippen LogP contribution in [0, 0.1) is 19.8 Å². The molecule has 0 aromatic carbocycles. The Balaban J connectivity index is 2.39. The van der Waals surface area contributed by atoms with Gasteiger partial charge in [-0.3, -0.25) is 9.20 Å². The number of rotatable bonds is 5. The highest BCUT2D eigenvalue weighted by Gasteiger charge is 2.27. The second-order valence-corrected chi connectivity index (χ2v) is 5.66. The lowest BCUT2D eigenvalue weighted by Gasteiger charge is -2.20. The molecular weight excluding hydrogens is 282 g/mol. The van der Waals surface area contributed by atoms with Crippen molar-refractivity contribution in [2.24, 2.45) is 5.92 Å². The predicted molar refractivity (Wildman–Crippen MR) is 83.0 cm³/mol. The van der Waals surface area contributed by atoms with Crippen LogP contribution in [0.15, 0.2) is 18.3 Å². The molecule has 2 N–H and O–H groups in total. The van der Waals surface area contributed by atoms with E-state index in [1.54, 1.807) is 11.3 Å². The normalized spacial score (nSPS) is 13.8. The van der Waals surface area contributed by atoms with Crippen LogP contribution in [-0.2, 0) is 4.79 Å². The van der Waals surface area contributed by atoms with E-state index in [-0.39, 0.29) is 5.92 Å². The first-order valence-corrected chi connectivity index (χ1v) is 7.34. The van der Waals surface area contributed by atoms with Crippen LogP contribution in [0.3, 0.4) is 0 Å². The smallest absolute Gasteiger partial charge is 0.326 e. The summed E-state index contributed by atoms with van der Waals surface area (Å²) in [5, 5.41) is 11.9. The number of hydrogen-bond donors (Lipinski definition) is 2. The second kappa shape index (κ2) is 6.17. The first-order chi connectivity index (χ1) is 10.3. The van der Waals surface area contributed by atoms with Crippen molar-refractivity contribution in [1.29, 1.82) is 0 Å². The Morgan fingerprint density at radius 2 is 2.05 bits per heavy atom. The number of carbonyl (C=O) groups excluding carboxylic acids is 1. The van der Waals surface area contributed by atoms with Gasteiger partial charge < -0.3 is 10.4 Å². The number of amides is 1. The van der Waals surface area contributed by atoms with Gasteiger partial charge >= 0.3 is 5.97 Å². The first-order valence-electron chi connectivity index (χ1n) is 7.34. The number of carbonyl (C=O) groups is 2. The van der Waals surface area contributed by atoms with Gasteiger partial charge in [-0.2, -0.15) is 0 Å². The number of aromatic nitrogens is 2. The van der Waals surface area contributed by atoms with Gasteiger partial charge in [0.25, 0.3) is 5.91 Å². The lowest BCUT2D eigenvalue weighted by atomic mass is 9.99. The SMILES string of the molecule is CCC(C)C(NC(=O)c1c(C)nc2ccc(C)cn12)C(=O)O. The van der Waals surface area contributed by atoms with Crippen LogP contribution in [0.5, 0.6) is 0 Å². The van der Waals surface area contributed by atoms with E-state index in [2.05, 4.69) is 10.3 Å². The molecule has 0 saturated heterocycles. The van der Waals surface area contributed by atoms with Crippen LogP contribution in [0.1, 0.15) is 42.0 Å². The Morgan fingerprint density at radius 3 is 2.64 bits per heavy atom. The number of aryl methyl sites for hydroxylation is 2. The van der Waals surface area contributed by atoms with Crippen molar-refractivity contribution in [2.45, 2.75) is 40.2 Å². The number of carboxylic acids is 1. The summed E-state index contributed by atoms with van der Waals surface area (Å²) >= 11 is 0. The second-order valence-electron chi connectivity index (χ2n) is 5.66. The molecule has 0 radical (unpaired) electrons. The maximum absolute atomic E-state index is 12.6. The molecule has 2 heterocycles. The fourth-order valence-corrected chi connectivity index (χ4v) is 2.43. The minimum atomic E-state index is -1.02. The van der Waals surface area contributed by atoms with E-state index >= 15 is 0 Å². The number of aliphatic carboxylic acids is 1. The van der Waals surface area contributed by atoms with Crippen LogP contribution in [-0.4, -0.2) is 32.4 Å². The number of fused-ring (bicyclic) bond motifs is 1. The van der Waals surface area contributed by atoms with Crippen molar-refractivity contribution in [3.05, 3.63) is 35.3 Å². The van der Waals surface area contributed by atoms with Gasteiger partial charge in [0, 0.05) is 6.20 Å². The fourth-order valence-electron chi connectivity index (χ4n) is 2.43. The number of carboxylic acid groups (broad SMARTS) is 1. The number of nitrogens with one attached hydrogen (secondary N) is 1. The summed E-state index contributed by atoms with van der Waals surface area (Å²) in [4.78, 5) is 28.3. The van der Waals surface area contributed by atoms with Crippen LogP contribution >= 0.6 is 0 Å². The van der Waals surface area contributed by atoms with Crippen molar-refractivity contribution >= 4 is 17.5 Å². The van der Waals surface area contributed by atoms with Gasteiger partial charge in [0.1, 0.15) is 17.4 Å². The third-order valence-corrected chi connectivity index (χ3v) is 3.92. The molecule has 0 fully saturated rings. The average molecular weight is 303 g/mol. The largest absolute Gasteiger partial charge is 0.480 e. The van der Waals surface area contributed by atoms with Crippen LogP contribution in [0.4, 0.5) is 0 Å². The molecule has 0 saturated carbocycles. The topological polar surface area (TPSA) is 83.7 Å². The zero-order valence-electron chi connectivity index (χ0n) is 13.3. The summed E-state index contributed by atoms with van der Waals surface area (Å²) in [5.41, 5.74) is 2.63. The van der Waals surface area contributed by atoms with Crippen molar-refractivity contribution in [1.82, 2.24) is 14.7 Å². The number of pyridine rings is 1. The number of imidazole rings is 1. The minimum Gasteiger partial charge on any atom is -0.480 e. The molecule has 0 aliphatic rings. The van der Waals surface area contributed by atoms with Gasteiger partial charge in [0.15, 0.2) is 0 Å². The van der Waals surface area contributed by atoms with Crippen LogP contribution in [0.2, 0.25) is 0 Å². The monoisotopic (exact) mass is 303 g/mol. The Hall–Kier alpha value is -2.37. The third kappa shape index (κ3) is 2.95. The lowest BCUT2D eigenvalue weighted by Crippen LogP contribution is -2.45. The van der Waals surface area contributed by atoms with E-state index in [1.807, 2.05) is 39.1 Å². The van der Waals surface area contributed by atoms with Crippen molar-refractivity contribution in [3.8, 4) is 0 Å². The molecule has 0 bridgehead atoms.